The number of rotatable bonds is 5. The molecule has 24 heavy (non-hydrogen) atoms. The smallest absolute Gasteiger partial charge is 0.278 e. The van der Waals surface area contributed by atoms with E-state index in [-0.39, 0.29) is 22.4 Å². The minimum atomic E-state index is -0.506. The minimum Gasteiger partial charge on any atom is -0.382 e. The monoisotopic (exact) mass is 347 g/mol. The summed E-state index contributed by atoms with van der Waals surface area (Å²) in [6, 6.07) is 4.63. The standard InChI is InChI=1S/C16H18ClN5O2/c1-9(2)8-21-15(23)11-4-3-10(7-12(11)17)22-16(24)13-14(18)20-6-5-19-13/h3-7,9H,8H2,1-2H3,(H2,18,20)(H,21,23)(H,22,24). The molecule has 4 N–H and O–H groups in total. The molecule has 0 atom stereocenters. The number of halogens is 1. The number of nitrogens with zero attached hydrogens (tertiary/aromatic N) is 2. The van der Waals surface area contributed by atoms with Crippen molar-refractivity contribution in [2.45, 2.75) is 13.8 Å². The Bertz CT molecular complexity index is 764. The Hall–Kier alpha value is -2.67. The first-order valence-electron chi connectivity index (χ1n) is 7.34. The van der Waals surface area contributed by atoms with Gasteiger partial charge in [0.05, 0.1) is 10.6 Å². The van der Waals surface area contributed by atoms with Gasteiger partial charge in [0.15, 0.2) is 11.5 Å². The van der Waals surface area contributed by atoms with Gasteiger partial charge >= 0.3 is 0 Å². The molecule has 0 aliphatic carbocycles. The lowest BCUT2D eigenvalue weighted by molar-refractivity contribution is 0.0948. The van der Waals surface area contributed by atoms with Gasteiger partial charge in [-0.15, -0.1) is 0 Å². The molecule has 0 fully saturated rings. The van der Waals surface area contributed by atoms with Gasteiger partial charge < -0.3 is 16.4 Å². The van der Waals surface area contributed by atoms with Crippen LogP contribution < -0.4 is 16.4 Å². The molecule has 0 unspecified atom stereocenters. The number of nitrogen functional groups attached to an aromatic ring is 1. The summed E-state index contributed by atoms with van der Waals surface area (Å²) in [5, 5.41) is 5.64. The summed E-state index contributed by atoms with van der Waals surface area (Å²) in [6.45, 7) is 4.55. The summed E-state index contributed by atoms with van der Waals surface area (Å²) in [5.74, 6) is -0.395. The van der Waals surface area contributed by atoms with E-state index in [1.165, 1.54) is 18.5 Å². The molecule has 0 radical (unpaired) electrons. The van der Waals surface area contributed by atoms with Crippen molar-refractivity contribution in [1.29, 1.82) is 0 Å². The lowest BCUT2D eigenvalue weighted by atomic mass is 10.1. The number of aromatic nitrogens is 2. The molecule has 2 aromatic rings. The largest absolute Gasteiger partial charge is 0.382 e. The van der Waals surface area contributed by atoms with Crippen LogP contribution in [0.2, 0.25) is 5.02 Å². The zero-order chi connectivity index (χ0) is 17.7. The van der Waals surface area contributed by atoms with E-state index < -0.39 is 5.91 Å². The van der Waals surface area contributed by atoms with Crippen molar-refractivity contribution >= 4 is 34.9 Å². The molecule has 7 nitrogen and oxygen atoms in total. The van der Waals surface area contributed by atoms with Crippen molar-refractivity contribution in [3.63, 3.8) is 0 Å². The fourth-order valence-electron chi connectivity index (χ4n) is 1.88. The third-order valence-corrected chi connectivity index (χ3v) is 3.40. The van der Waals surface area contributed by atoms with E-state index in [1.54, 1.807) is 12.1 Å². The highest BCUT2D eigenvalue weighted by molar-refractivity contribution is 6.34. The lowest BCUT2D eigenvalue weighted by Crippen LogP contribution is -2.27. The molecular formula is C16H18ClN5O2. The molecular weight excluding hydrogens is 330 g/mol. The predicted molar refractivity (Wildman–Crippen MR) is 93.0 cm³/mol. The molecule has 2 amide bonds. The molecule has 0 saturated carbocycles. The fourth-order valence-corrected chi connectivity index (χ4v) is 2.15. The number of carbonyl (C=O) groups excluding carboxylic acids is 2. The number of hydrogen-bond acceptors (Lipinski definition) is 5. The predicted octanol–water partition coefficient (Wildman–Crippen LogP) is 2.35. The zero-order valence-corrected chi connectivity index (χ0v) is 14.1. The van der Waals surface area contributed by atoms with Crippen molar-refractivity contribution in [2.75, 3.05) is 17.6 Å². The van der Waals surface area contributed by atoms with Crippen LogP contribution in [0.1, 0.15) is 34.7 Å². The third kappa shape index (κ3) is 4.42. The SMILES string of the molecule is CC(C)CNC(=O)c1ccc(NC(=O)c2nccnc2N)cc1Cl. The van der Waals surface area contributed by atoms with Gasteiger partial charge in [-0.3, -0.25) is 9.59 Å². The van der Waals surface area contributed by atoms with Gasteiger partial charge in [-0.05, 0) is 24.1 Å². The average molecular weight is 348 g/mol. The maximum atomic E-state index is 12.1. The first-order chi connectivity index (χ1) is 11.4. The van der Waals surface area contributed by atoms with Crippen LogP contribution >= 0.6 is 11.6 Å². The normalized spacial score (nSPS) is 10.5. The maximum absolute atomic E-state index is 12.1. The summed E-state index contributed by atoms with van der Waals surface area (Å²) in [7, 11) is 0. The Morgan fingerprint density at radius 2 is 1.92 bits per heavy atom. The average Bonchev–Trinajstić information content (AvgIpc) is 2.53. The van der Waals surface area contributed by atoms with Gasteiger partial charge in [0.1, 0.15) is 0 Å². The number of amides is 2. The van der Waals surface area contributed by atoms with Gasteiger partial charge in [-0.25, -0.2) is 9.97 Å². The van der Waals surface area contributed by atoms with E-state index in [1.807, 2.05) is 13.8 Å². The Kier molecular flexibility index (Phi) is 5.70. The number of nitrogens with one attached hydrogen (secondary N) is 2. The third-order valence-electron chi connectivity index (χ3n) is 3.08. The Labute approximate surface area is 144 Å². The Morgan fingerprint density at radius 1 is 1.21 bits per heavy atom. The molecule has 2 rings (SSSR count). The summed E-state index contributed by atoms with van der Waals surface area (Å²) < 4.78 is 0. The molecule has 0 saturated heterocycles. The molecule has 126 valence electrons. The number of carbonyl (C=O) groups is 2. The first kappa shape index (κ1) is 17.7. The number of anilines is 2. The molecule has 0 aliphatic rings. The molecule has 0 aliphatic heterocycles. The van der Waals surface area contributed by atoms with Gasteiger partial charge in [-0.1, -0.05) is 25.4 Å². The molecule has 1 aromatic heterocycles. The van der Waals surface area contributed by atoms with Crippen molar-refractivity contribution in [3.8, 4) is 0 Å². The van der Waals surface area contributed by atoms with Crippen LogP contribution in [-0.4, -0.2) is 28.3 Å². The number of hydrogen-bond donors (Lipinski definition) is 3. The van der Waals surface area contributed by atoms with Crippen molar-refractivity contribution in [1.82, 2.24) is 15.3 Å². The molecule has 8 heteroatoms. The number of benzene rings is 1. The zero-order valence-electron chi connectivity index (χ0n) is 13.3. The van der Waals surface area contributed by atoms with Gasteiger partial charge in [0, 0.05) is 24.6 Å². The highest BCUT2D eigenvalue weighted by atomic mass is 35.5. The summed E-state index contributed by atoms with van der Waals surface area (Å²) in [4.78, 5) is 31.9. The van der Waals surface area contributed by atoms with Gasteiger partial charge in [0.2, 0.25) is 0 Å². The summed E-state index contributed by atoms with van der Waals surface area (Å²) >= 11 is 6.14. The second-order valence-corrected chi connectivity index (χ2v) is 5.95. The highest BCUT2D eigenvalue weighted by Crippen LogP contribution is 2.21. The van der Waals surface area contributed by atoms with Crippen LogP contribution in [0.3, 0.4) is 0 Å². The summed E-state index contributed by atoms with van der Waals surface area (Å²) in [5.41, 5.74) is 6.40. The lowest BCUT2D eigenvalue weighted by Gasteiger charge is -2.11. The van der Waals surface area contributed by atoms with E-state index >= 15 is 0 Å². The van der Waals surface area contributed by atoms with E-state index in [0.717, 1.165) is 0 Å². The molecule has 1 heterocycles. The van der Waals surface area contributed by atoms with Crippen LogP contribution in [0.15, 0.2) is 30.6 Å². The van der Waals surface area contributed by atoms with E-state index in [0.29, 0.717) is 23.7 Å². The second kappa shape index (κ2) is 7.74. The van der Waals surface area contributed by atoms with Crippen LogP contribution in [0.4, 0.5) is 11.5 Å². The highest BCUT2D eigenvalue weighted by Gasteiger charge is 2.15. The van der Waals surface area contributed by atoms with Crippen LogP contribution in [0, 0.1) is 5.92 Å². The Morgan fingerprint density at radius 3 is 2.54 bits per heavy atom. The second-order valence-electron chi connectivity index (χ2n) is 5.54. The van der Waals surface area contributed by atoms with Crippen molar-refractivity contribution in [2.24, 2.45) is 5.92 Å². The van der Waals surface area contributed by atoms with E-state index in [9.17, 15) is 9.59 Å². The van der Waals surface area contributed by atoms with Crippen LogP contribution in [0.5, 0.6) is 0 Å². The fraction of sp³-hybridized carbons (Fsp3) is 0.250. The quantitative estimate of drug-likeness (QED) is 0.769. The first-order valence-corrected chi connectivity index (χ1v) is 7.72. The van der Waals surface area contributed by atoms with Crippen LogP contribution in [0.25, 0.3) is 0 Å². The van der Waals surface area contributed by atoms with E-state index in [4.69, 9.17) is 17.3 Å². The van der Waals surface area contributed by atoms with Crippen LogP contribution in [-0.2, 0) is 0 Å². The topological polar surface area (TPSA) is 110 Å². The number of nitrogens with two attached hydrogens (primary N) is 1. The molecule has 0 spiro atoms. The minimum absolute atomic E-state index is 0.0207. The van der Waals surface area contributed by atoms with Gasteiger partial charge in [-0.2, -0.15) is 0 Å². The maximum Gasteiger partial charge on any atom is 0.278 e. The van der Waals surface area contributed by atoms with Crippen molar-refractivity contribution < 1.29 is 9.59 Å². The molecule has 0 bridgehead atoms. The van der Waals surface area contributed by atoms with Gasteiger partial charge in [0.25, 0.3) is 11.8 Å². The molecule has 1 aromatic carbocycles. The van der Waals surface area contributed by atoms with Crippen molar-refractivity contribution in [3.05, 3.63) is 46.9 Å². The van der Waals surface area contributed by atoms with E-state index in [2.05, 4.69) is 20.6 Å². The summed E-state index contributed by atoms with van der Waals surface area (Å²) in [6.07, 6.45) is 2.77. The Balaban J connectivity index is 2.11.